The van der Waals surface area contributed by atoms with Gasteiger partial charge in [0, 0.05) is 47.2 Å². The van der Waals surface area contributed by atoms with Crippen LogP contribution in [0.5, 0.6) is 0 Å². The van der Waals surface area contributed by atoms with Crippen molar-refractivity contribution in [3.63, 3.8) is 0 Å². The number of aliphatic carboxylic acids is 1. The molecule has 0 fully saturated rings. The molecule has 2 aliphatic carbocycles. The fourth-order valence-electron chi connectivity index (χ4n) is 4.63. The summed E-state index contributed by atoms with van der Waals surface area (Å²) in [4.78, 5) is 41.4. The number of benzene rings is 1. The van der Waals surface area contributed by atoms with E-state index in [0.717, 1.165) is 34.4 Å². The zero-order valence-corrected chi connectivity index (χ0v) is 20.3. The van der Waals surface area contributed by atoms with Crippen molar-refractivity contribution in [3.05, 3.63) is 75.5 Å². The summed E-state index contributed by atoms with van der Waals surface area (Å²) in [5, 5.41) is 11.5. The number of pyridine rings is 1. The zero-order chi connectivity index (χ0) is 25.3. The number of rotatable bonds is 7. The fourth-order valence-corrected chi connectivity index (χ4v) is 4.63. The number of nitrogens with one attached hydrogen (secondary N) is 1. The van der Waals surface area contributed by atoms with Crippen molar-refractivity contribution in [2.75, 3.05) is 12.4 Å². The van der Waals surface area contributed by atoms with E-state index in [9.17, 15) is 14.4 Å². The maximum atomic E-state index is 13.7. The van der Waals surface area contributed by atoms with Crippen molar-refractivity contribution >= 4 is 28.9 Å². The molecule has 0 bridgehead atoms. The van der Waals surface area contributed by atoms with E-state index >= 15 is 0 Å². The first-order chi connectivity index (χ1) is 16.7. The molecular weight excluding hydrogens is 444 g/mol. The van der Waals surface area contributed by atoms with Crippen LogP contribution in [0.4, 0.5) is 5.69 Å². The smallest absolute Gasteiger partial charge is 0.303 e. The second kappa shape index (κ2) is 9.80. The van der Waals surface area contributed by atoms with E-state index in [0.29, 0.717) is 34.7 Å². The van der Waals surface area contributed by atoms with E-state index < -0.39 is 11.9 Å². The summed E-state index contributed by atoms with van der Waals surface area (Å²) in [6.45, 7) is 6.37. The Morgan fingerprint density at radius 3 is 2.57 bits per heavy atom. The molecule has 0 atom stereocenters. The van der Waals surface area contributed by atoms with Crippen LogP contribution in [0.1, 0.15) is 65.9 Å². The van der Waals surface area contributed by atoms with Crippen LogP contribution in [-0.4, -0.2) is 34.9 Å². The maximum Gasteiger partial charge on any atom is 0.303 e. The lowest BCUT2D eigenvalue weighted by atomic mass is 9.90. The van der Waals surface area contributed by atoms with E-state index in [1.54, 1.807) is 25.3 Å². The molecule has 4 rings (SSSR count). The van der Waals surface area contributed by atoms with Gasteiger partial charge in [0.2, 0.25) is 5.91 Å². The number of methoxy groups -OCH3 is 1. The highest BCUT2D eigenvalue weighted by molar-refractivity contribution is 6.24. The Morgan fingerprint density at radius 1 is 1.09 bits per heavy atom. The highest BCUT2D eigenvalue weighted by Crippen LogP contribution is 2.43. The normalized spacial score (nSPS) is 14.4. The van der Waals surface area contributed by atoms with Gasteiger partial charge in [0.05, 0.1) is 24.3 Å². The average molecular weight is 473 g/mol. The maximum absolute atomic E-state index is 13.7. The lowest BCUT2D eigenvalue weighted by Gasteiger charge is -2.17. The van der Waals surface area contributed by atoms with Crippen molar-refractivity contribution in [1.29, 1.82) is 0 Å². The molecule has 0 aliphatic heterocycles. The number of amides is 1. The highest BCUT2D eigenvalue weighted by Gasteiger charge is 2.34. The summed E-state index contributed by atoms with van der Waals surface area (Å²) >= 11 is 0. The van der Waals surface area contributed by atoms with Crippen LogP contribution in [0.15, 0.2) is 47.6 Å². The predicted octanol–water partition coefficient (Wildman–Crippen LogP) is 5.23. The molecule has 1 aromatic carbocycles. The van der Waals surface area contributed by atoms with Crippen molar-refractivity contribution in [3.8, 4) is 11.3 Å². The van der Waals surface area contributed by atoms with Gasteiger partial charge in [-0.25, -0.2) is 0 Å². The minimum Gasteiger partial charge on any atom is -0.481 e. The van der Waals surface area contributed by atoms with Gasteiger partial charge in [-0.15, -0.1) is 0 Å². The summed E-state index contributed by atoms with van der Waals surface area (Å²) in [5.74, 6) is -1.54. The predicted molar refractivity (Wildman–Crippen MR) is 134 cm³/mol. The van der Waals surface area contributed by atoms with Gasteiger partial charge in [0.25, 0.3) is 0 Å². The van der Waals surface area contributed by atoms with E-state index in [2.05, 4.69) is 30.5 Å². The number of ketones is 1. The number of carboxylic acids is 1. The Hall–Kier alpha value is -3.84. The lowest BCUT2D eigenvalue weighted by Crippen LogP contribution is -2.13. The van der Waals surface area contributed by atoms with E-state index in [4.69, 9.17) is 14.8 Å². The van der Waals surface area contributed by atoms with Gasteiger partial charge in [-0.3, -0.25) is 19.4 Å². The molecule has 1 amide bonds. The molecule has 180 valence electrons. The first kappa shape index (κ1) is 24.3. The molecule has 35 heavy (non-hydrogen) atoms. The highest BCUT2D eigenvalue weighted by atomic mass is 16.5. The van der Waals surface area contributed by atoms with Crippen molar-refractivity contribution < 1.29 is 24.2 Å². The van der Waals surface area contributed by atoms with Crippen LogP contribution < -0.4 is 5.32 Å². The van der Waals surface area contributed by atoms with E-state index in [1.165, 1.54) is 5.57 Å². The number of allylic oxidation sites excluding steroid dienone is 6. The first-order valence-corrected chi connectivity index (χ1v) is 11.5. The van der Waals surface area contributed by atoms with E-state index in [-0.39, 0.29) is 18.6 Å². The molecule has 7 heteroatoms. The van der Waals surface area contributed by atoms with Gasteiger partial charge in [-0.1, -0.05) is 29.4 Å². The number of nitrogens with zero attached hydrogens (tertiary/aromatic N) is 1. The summed E-state index contributed by atoms with van der Waals surface area (Å²) in [6.07, 6.45) is 6.77. The van der Waals surface area contributed by atoms with Crippen LogP contribution in [0.25, 0.3) is 16.8 Å². The largest absolute Gasteiger partial charge is 0.481 e. The molecule has 0 unspecified atom stereocenters. The van der Waals surface area contributed by atoms with Gasteiger partial charge in [-0.2, -0.15) is 0 Å². The molecule has 1 aromatic heterocycles. The van der Waals surface area contributed by atoms with Gasteiger partial charge in [0.1, 0.15) is 0 Å². The summed E-state index contributed by atoms with van der Waals surface area (Å²) in [6, 6.07) is 5.08. The Kier molecular flexibility index (Phi) is 6.80. The summed E-state index contributed by atoms with van der Waals surface area (Å²) < 4.78 is 5.49. The number of hydrogen-bond acceptors (Lipinski definition) is 5. The molecule has 0 saturated carbocycles. The van der Waals surface area contributed by atoms with Gasteiger partial charge < -0.3 is 15.2 Å². The van der Waals surface area contributed by atoms with Gasteiger partial charge in [0.15, 0.2) is 5.78 Å². The Balaban J connectivity index is 1.83. The van der Waals surface area contributed by atoms with Crippen LogP contribution in [0.2, 0.25) is 0 Å². The quantitative estimate of drug-likeness (QED) is 0.488. The molecule has 2 N–H and O–H groups in total. The van der Waals surface area contributed by atoms with Crippen LogP contribution >= 0.6 is 0 Å². The molecule has 0 spiro atoms. The fraction of sp³-hybridized carbons (Fsp3) is 0.286. The third kappa shape index (κ3) is 4.86. The molecule has 0 radical (unpaired) electrons. The number of carbonyl (C=O) groups is 3. The number of carboxylic acid groups (broad SMARTS) is 1. The lowest BCUT2D eigenvalue weighted by molar-refractivity contribution is -0.138. The topological polar surface area (TPSA) is 106 Å². The molecule has 1 heterocycles. The molecule has 7 nitrogen and oxygen atoms in total. The molecule has 2 aromatic rings. The third-order valence-corrected chi connectivity index (χ3v) is 6.18. The van der Waals surface area contributed by atoms with Crippen molar-refractivity contribution in [1.82, 2.24) is 4.98 Å². The van der Waals surface area contributed by atoms with Gasteiger partial charge in [-0.05, 0) is 51.0 Å². The molecule has 0 saturated heterocycles. The number of fused-ring (bicyclic) bond motifs is 3. The number of ether oxygens (including phenoxy) is 1. The SMILES string of the molecule is COCc1c(C)nc2c(c1C1=CCC(C)=CC(C)=C1)C(=O)c1ccc(NC(=O)CCC(=O)O)cc1-2. The monoisotopic (exact) mass is 472 g/mol. The van der Waals surface area contributed by atoms with Crippen LogP contribution in [0.3, 0.4) is 0 Å². The second-order valence-corrected chi connectivity index (χ2v) is 8.98. The molecule has 2 aliphatic rings. The number of hydrogen-bond donors (Lipinski definition) is 2. The van der Waals surface area contributed by atoms with Crippen molar-refractivity contribution in [2.45, 2.75) is 46.6 Å². The second-order valence-electron chi connectivity index (χ2n) is 8.98. The van der Waals surface area contributed by atoms with Crippen LogP contribution in [-0.2, 0) is 20.9 Å². The summed E-state index contributed by atoms with van der Waals surface area (Å²) in [7, 11) is 1.63. The Morgan fingerprint density at radius 2 is 1.86 bits per heavy atom. The van der Waals surface area contributed by atoms with E-state index in [1.807, 2.05) is 13.8 Å². The zero-order valence-electron chi connectivity index (χ0n) is 20.3. The summed E-state index contributed by atoms with van der Waals surface area (Å²) in [5.41, 5.74) is 8.59. The first-order valence-electron chi connectivity index (χ1n) is 11.5. The average Bonchev–Trinajstić information content (AvgIpc) is 2.94. The Labute approximate surface area is 204 Å². The standard InChI is InChI=1S/C28H28N2O5/c1-15-5-6-18(12-16(2)11-15)25-22(14-35-4)17(3)29-27-21-13-19(30-23(31)9-10-24(32)33)7-8-20(21)28(34)26(25)27/h6-8,11-13H,5,9-10,14H2,1-4H3,(H,30,31)(H,32,33). The van der Waals surface area contributed by atoms with Crippen LogP contribution in [0, 0.1) is 6.92 Å². The number of anilines is 1. The number of aryl methyl sites for hydroxylation is 1. The molecular formula is C28H28N2O5. The minimum atomic E-state index is -1.03. The van der Waals surface area contributed by atoms with Crippen molar-refractivity contribution in [2.24, 2.45) is 0 Å². The van der Waals surface area contributed by atoms with Gasteiger partial charge >= 0.3 is 5.97 Å². The number of aromatic nitrogens is 1. The third-order valence-electron chi connectivity index (χ3n) is 6.18. The Bertz CT molecular complexity index is 1350. The number of carbonyl (C=O) groups excluding carboxylic acids is 2. The minimum absolute atomic E-state index is 0.112.